The van der Waals surface area contributed by atoms with Crippen LogP contribution in [0.5, 0.6) is 0 Å². The second-order valence-corrected chi connectivity index (χ2v) is 4.23. The standard InChI is InChI=1S/C14H21O4/c1-6-7-8-12(10(4)13(15)16)11(5)18-14(17)9(2)3/h11H,2,5-8H2,1,3-4H3,(H,15,16). The average molecular weight is 253 g/mol. The third-order valence-electron chi connectivity index (χ3n) is 2.59. The Bertz CT molecular complexity index is 366. The summed E-state index contributed by atoms with van der Waals surface area (Å²) in [5, 5.41) is 9.00. The Morgan fingerprint density at radius 2 is 1.89 bits per heavy atom. The minimum Gasteiger partial charge on any atom is -0.478 e. The van der Waals surface area contributed by atoms with Crippen molar-refractivity contribution in [2.24, 2.45) is 0 Å². The van der Waals surface area contributed by atoms with Crippen LogP contribution in [0.1, 0.15) is 40.0 Å². The van der Waals surface area contributed by atoms with Gasteiger partial charge in [0, 0.05) is 11.1 Å². The molecule has 0 aliphatic carbocycles. The number of hydrogen-bond donors (Lipinski definition) is 1. The molecular weight excluding hydrogens is 232 g/mol. The lowest BCUT2D eigenvalue weighted by molar-refractivity contribution is -0.141. The average Bonchev–Trinajstić information content (AvgIpc) is 2.28. The van der Waals surface area contributed by atoms with Crippen molar-refractivity contribution in [2.75, 3.05) is 0 Å². The summed E-state index contributed by atoms with van der Waals surface area (Å²) < 4.78 is 5.07. The first-order valence-electron chi connectivity index (χ1n) is 5.93. The van der Waals surface area contributed by atoms with Crippen molar-refractivity contribution in [3.8, 4) is 0 Å². The summed E-state index contributed by atoms with van der Waals surface area (Å²) in [5.41, 5.74) is 1.02. The van der Waals surface area contributed by atoms with E-state index in [1.54, 1.807) is 0 Å². The third kappa shape index (κ3) is 5.17. The minimum absolute atomic E-state index is 0.193. The van der Waals surface area contributed by atoms with Gasteiger partial charge in [0.2, 0.25) is 0 Å². The first kappa shape index (κ1) is 16.4. The van der Waals surface area contributed by atoms with Gasteiger partial charge in [-0.3, -0.25) is 0 Å². The number of carboxylic acid groups (broad SMARTS) is 1. The van der Waals surface area contributed by atoms with Crippen molar-refractivity contribution < 1.29 is 19.4 Å². The molecular formula is C14H21O4. The summed E-state index contributed by atoms with van der Waals surface area (Å²) in [4.78, 5) is 22.4. The Morgan fingerprint density at radius 3 is 2.28 bits per heavy atom. The number of esters is 1. The Morgan fingerprint density at radius 1 is 1.33 bits per heavy atom. The van der Waals surface area contributed by atoms with Crippen molar-refractivity contribution in [3.05, 3.63) is 30.2 Å². The van der Waals surface area contributed by atoms with Crippen LogP contribution in [0.4, 0.5) is 0 Å². The molecule has 4 nitrogen and oxygen atoms in total. The molecule has 0 aliphatic heterocycles. The van der Waals surface area contributed by atoms with Gasteiger partial charge in [0.1, 0.15) is 6.10 Å². The summed E-state index contributed by atoms with van der Waals surface area (Å²) in [6.45, 7) is 12.2. The maximum absolute atomic E-state index is 11.4. The Hall–Kier alpha value is -1.58. The zero-order valence-corrected chi connectivity index (χ0v) is 11.3. The molecule has 0 bridgehead atoms. The van der Waals surface area contributed by atoms with Gasteiger partial charge in [-0.05, 0) is 39.2 Å². The van der Waals surface area contributed by atoms with Crippen LogP contribution < -0.4 is 0 Å². The highest BCUT2D eigenvalue weighted by molar-refractivity contribution is 5.88. The number of ether oxygens (including phenoxy) is 1. The van der Waals surface area contributed by atoms with E-state index in [1.165, 1.54) is 13.8 Å². The molecule has 0 aromatic rings. The highest BCUT2D eigenvalue weighted by Gasteiger charge is 2.19. The molecule has 0 saturated heterocycles. The van der Waals surface area contributed by atoms with E-state index >= 15 is 0 Å². The first-order chi connectivity index (χ1) is 8.31. The van der Waals surface area contributed by atoms with Crippen LogP contribution in [-0.4, -0.2) is 23.1 Å². The summed E-state index contributed by atoms with van der Waals surface area (Å²) >= 11 is 0. The molecule has 0 aromatic carbocycles. The molecule has 18 heavy (non-hydrogen) atoms. The number of carbonyl (C=O) groups is 2. The molecule has 1 unspecified atom stereocenters. The van der Waals surface area contributed by atoms with Gasteiger partial charge >= 0.3 is 11.9 Å². The van der Waals surface area contributed by atoms with E-state index in [9.17, 15) is 9.59 Å². The second-order valence-electron chi connectivity index (χ2n) is 4.23. The predicted molar refractivity (Wildman–Crippen MR) is 69.9 cm³/mol. The normalized spacial score (nSPS) is 13.6. The fourth-order valence-electron chi connectivity index (χ4n) is 1.40. The Balaban J connectivity index is 4.97. The lowest BCUT2D eigenvalue weighted by atomic mass is 9.98. The first-order valence-corrected chi connectivity index (χ1v) is 5.93. The molecule has 4 heteroatoms. The Labute approximate surface area is 108 Å². The van der Waals surface area contributed by atoms with Crippen molar-refractivity contribution in [3.63, 3.8) is 0 Å². The van der Waals surface area contributed by atoms with Crippen LogP contribution >= 0.6 is 0 Å². The largest absolute Gasteiger partial charge is 0.478 e. The molecule has 0 spiro atoms. The van der Waals surface area contributed by atoms with Gasteiger partial charge in [-0.25, -0.2) is 9.59 Å². The fourth-order valence-corrected chi connectivity index (χ4v) is 1.40. The molecule has 0 heterocycles. The van der Waals surface area contributed by atoms with Gasteiger partial charge in [0.25, 0.3) is 0 Å². The monoisotopic (exact) mass is 253 g/mol. The van der Waals surface area contributed by atoms with E-state index in [0.29, 0.717) is 12.0 Å². The van der Waals surface area contributed by atoms with E-state index in [-0.39, 0.29) is 11.1 Å². The minimum atomic E-state index is -1.01. The summed E-state index contributed by atoms with van der Waals surface area (Å²) in [7, 11) is 0. The van der Waals surface area contributed by atoms with Gasteiger partial charge < -0.3 is 9.84 Å². The number of carboxylic acids is 1. The molecule has 0 aromatic heterocycles. The number of carbonyl (C=O) groups excluding carboxylic acids is 1. The molecule has 1 atom stereocenters. The molecule has 0 aliphatic rings. The van der Waals surface area contributed by atoms with Gasteiger partial charge in [0.15, 0.2) is 0 Å². The molecule has 0 amide bonds. The maximum Gasteiger partial charge on any atom is 0.333 e. The molecule has 1 N–H and O–H groups in total. The lowest BCUT2D eigenvalue weighted by Crippen LogP contribution is -2.20. The molecule has 101 valence electrons. The smallest absolute Gasteiger partial charge is 0.333 e. The SMILES string of the molecule is [CH2]C(OC(=O)C(=C)C)C(CCCC)=C(C)C(=O)O. The van der Waals surface area contributed by atoms with E-state index < -0.39 is 18.0 Å². The van der Waals surface area contributed by atoms with Crippen LogP contribution in [0.25, 0.3) is 0 Å². The summed E-state index contributed by atoms with van der Waals surface area (Å²) in [5.74, 6) is -1.57. The van der Waals surface area contributed by atoms with E-state index in [0.717, 1.165) is 12.8 Å². The molecule has 1 radical (unpaired) electrons. The number of rotatable bonds is 7. The van der Waals surface area contributed by atoms with Crippen molar-refractivity contribution in [1.29, 1.82) is 0 Å². The molecule has 0 saturated carbocycles. The van der Waals surface area contributed by atoms with E-state index in [2.05, 4.69) is 13.5 Å². The topological polar surface area (TPSA) is 63.6 Å². The van der Waals surface area contributed by atoms with Gasteiger partial charge in [-0.1, -0.05) is 19.9 Å². The van der Waals surface area contributed by atoms with E-state index in [4.69, 9.17) is 9.84 Å². The fraction of sp³-hybridized carbons (Fsp3) is 0.500. The van der Waals surface area contributed by atoms with Gasteiger partial charge in [-0.2, -0.15) is 0 Å². The van der Waals surface area contributed by atoms with Crippen LogP contribution in [0, 0.1) is 6.92 Å². The zero-order valence-electron chi connectivity index (χ0n) is 11.3. The zero-order chi connectivity index (χ0) is 14.3. The van der Waals surface area contributed by atoms with Crippen molar-refractivity contribution in [2.45, 2.75) is 46.1 Å². The van der Waals surface area contributed by atoms with Gasteiger partial charge in [0.05, 0.1) is 0 Å². The number of unbranched alkanes of at least 4 members (excludes halogenated alkanes) is 1. The summed E-state index contributed by atoms with van der Waals surface area (Å²) in [6, 6.07) is 0. The van der Waals surface area contributed by atoms with E-state index in [1.807, 2.05) is 6.92 Å². The quantitative estimate of drug-likeness (QED) is 0.559. The van der Waals surface area contributed by atoms with Crippen molar-refractivity contribution in [1.82, 2.24) is 0 Å². The predicted octanol–water partition coefficient (Wildman–Crippen LogP) is 2.90. The van der Waals surface area contributed by atoms with Crippen LogP contribution in [0.2, 0.25) is 0 Å². The number of hydrogen-bond acceptors (Lipinski definition) is 3. The van der Waals surface area contributed by atoms with Crippen molar-refractivity contribution >= 4 is 11.9 Å². The highest BCUT2D eigenvalue weighted by atomic mass is 16.5. The van der Waals surface area contributed by atoms with Crippen LogP contribution in [0.15, 0.2) is 23.3 Å². The Kier molecular flexibility index (Phi) is 7.01. The number of aliphatic carboxylic acids is 1. The van der Waals surface area contributed by atoms with Crippen LogP contribution in [-0.2, 0) is 14.3 Å². The van der Waals surface area contributed by atoms with Gasteiger partial charge in [-0.15, -0.1) is 0 Å². The molecule has 0 rings (SSSR count). The third-order valence-corrected chi connectivity index (χ3v) is 2.59. The van der Waals surface area contributed by atoms with Crippen LogP contribution in [0.3, 0.4) is 0 Å². The molecule has 0 fully saturated rings. The maximum atomic E-state index is 11.4. The lowest BCUT2D eigenvalue weighted by Gasteiger charge is -2.18. The summed E-state index contributed by atoms with van der Waals surface area (Å²) in [6.07, 6.45) is 1.54. The second kappa shape index (κ2) is 7.69. The highest BCUT2D eigenvalue weighted by Crippen LogP contribution is 2.20.